The molecule has 1 N–H and O–H groups in total. The van der Waals surface area contributed by atoms with E-state index in [4.69, 9.17) is 32.4 Å². The van der Waals surface area contributed by atoms with Gasteiger partial charge in [0.25, 0.3) is 5.91 Å². The summed E-state index contributed by atoms with van der Waals surface area (Å²) in [5.41, 5.74) is 0.708. The fourth-order valence-corrected chi connectivity index (χ4v) is 3.21. The molecule has 158 valence electrons. The van der Waals surface area contributed by atoms with Gasteiger partial charge in [-0.3, -0.25) is 9.48 Å². The smallest absolute Gasteiger partial charge is 0.292 e. The summed E-state index contributed by atoms with van der Waals surface area (Å²) >= 11 is 12.0. The standard InChI is InChI=1S/C22H16Cl2FN3O3/c23-15-2-1-3-17(10-15)30-13-18-6-7-20(31-18)22(29)26-21-8-9-28(27-21)12-14-4-5-16(25)11-19(14)24/h1-11H,12-13H2,(H,26,27,29). The molecule has 0 bridgehead atoms. The van der Waals surface area contributed by atoms with E-state index in [1.165, 1.54) is 12.1 Å². The van der Waals surface area contributed by atoms with Gasteiger partial charge in [0.1, 0.15) is 23.9 Å². The molecule has 2 aromatic heterocycles. The summed E-state index contributed by atoms with van der Waals surface area (Å²) < 4.78 is 25.9. The van der Waals surface area contributed by atoms with Gasteiger partial charge in [0, 0.05) is 22.3 Å². The lowest BCUT2D eigenvalue weighted by Gasteiger charge is -2.05. The van der Waals surface area contributed by atoms with Gasteiger partial charge in [-0.2, -0.15) is 5.10 Å². The molecule has 6 nitrogen and oxygen atoms in total. The lowest BCUT2D eigenvalue weighted by atomic mass is 10.2. The maximum atomic E-state index is 13.2. The number of furan rings is 1. The summed E-state index contributed by atoms with van der Waals surface area (Å²) in [7, 11) is 0. The molecule has 2 aromatic carbocycles. The van der Waals surface area contributed by atoms with Crippen molar-refractivity contribution >= 4 is 34.9 Å². The quantitative estimate of drug-likeness (QED) is 0.379. The zero-order chi connectivity index (χ0) is 21.8. The fourth-order valence-electron chi connectivity index (χ4n) is 2.81. The third kappa shape index (κ3) is 5.45. The Morgan fingerprint density at radius 2 is 2.00 bits per heavy atom. The molecule has 2 heterocycles. The molecule has 0 saturated carbocycles. The molecule has 31 heavy (non-hydrogen) atoms. The number of anilines is 1. The number of carbonyl (C=O) groups excluding carboxylic acids is 1. The SMILES string of the molecule is O=C(Nc1ccn(Cc2ccc(F)cc2Cl)n1)c1ccc(COc2cccc(Cl)c2)o1. The number of ether oxygens (including phenoxy) is 1. The third-order valence-corrected chi connectivity index (χ3v) is 4.88. The van der Waals surface area contributed by atoms with E-state index < -0.39 is 11.7 Å². The Morgan fingerprint density at radius 3 is 2.81 bits per heavy atom. The van der Waals surface area contributed by atoms with Crippen LogP contribution in [0.5, 0.6) is 5.75 Å². The van der Waals surface area contributed by atoms with Crippen LogP contribution in [0.25, 0.3) is 0 Å². The molecule has 0 aliphatic carbocycles. The second kappa shape index (κ2) is 9.24. The lowest BCUT2D eigenvalue weighted by molar-refractivity contribution is 0.0992. The monoisotopic (exact) mass is 459 g/mol. The summed E-state index contributed by atoms with van der Waals surface area (Å²) in [5.74, 6) is 0.706. The molecule has 9 heteroatoms. The van der Waals surface area contributed by atoms with Gasteiger partial charge in [0.15, 0.2) is 11.6 Å². The second-order valence-corrected chi connectivity index (χ2v) is 7.44. The van der Waals surface area contributed by atoms with Crippen molar-refractivity contribution in [2.45, 2.75) is 13.2 Å². The minimum atomic E-state index is -0.445. The highest BCUT2D eigenvalue weighted by Crippen LogP contribution is 2.20. The topological polar surface area (TPSA) is 69.3 Å². The van der Waals surface area contributed by atoms with E-state index >= 15 is 0 Å². The Balaban J connectivity index is 1.34. The van der Waals surface area contributed by atoms with Crippen LogP contribution in [0, 0.1) is 5.82 Å². The number of carbonyl (C=O) groups is 1. The number of amides is 1. The molecule has 0 unspecified atom stereocenters. The maximum absolute atomic E-state index is 13.2. The zero-order valence-corrected chi connectivity index (χ0v) is 17.5. The number of benzene rings is 2. The highest BCUT2D eigenvalue weighted by atomic mass is 35.5. The average molecular weight is 460 g/mol. The average Bonchev–Trinajstić information content (AvgIpc) is 3.38. The summed E-state index contributed by atoms with van der Waals surface area (Å²) in [6, 6.07) is 16.0. The highest BCUT2D eigenvalue weighted by Gasteiger charge is 2.14. The van der Waals surface area contributed by atoms with Crippen molar-refractivity contribution in [1.29, 1.82) is 0 Å². The first-order valence-corrected chi connectivity index (χ1v) is 9.98. The predicted molar refractivity (Wildman–Crippen MR) is 115 cm³/mol. The van der Waals surface area contributed by atoms with Crippen molar-refractivity contribution in [2.24, 2.45) is 0 Å². The Morgan fingerprint density at radius 1 is 1.13 bits per heavy atom. The molecule has 4 rings (SSSR count). The van der Waals surface area contributed by atoms with Gasteiger partial charge in [0.05, 0.1) is 6.54 Å². The lowest BCUT2D eigenvalue weighted by Crippen LogP contribution is -2.12. The van der Waals surface area contributed by atoms with Crippen LogP contribution in [0.1, 0.15) is 21.9 Å². The molecular weight excluding hydrogens is 444 g/mol. The van der Waals surface area contributed by atoms with Gasteiger partial charge in [-0.15, -0.1) is 0 Å². The van der Waals surface area contributed by atoms with Crippen LogP contribution in [-0.4, -0.2) is 15.7 Å². The normalized spacial score (nSPS) is 10.8. The van der Waals surface area contributed by atoms with Crippen molar-refractivity contribution in [3.63, 3.8) is 0 Å². The van der Waals surface area contributed by atoms with Gasteiger partial charge in [-0.1, -0.05) is 35.3 Å². The second-order valence-electron chi connectivity index (χ2n) is 6.60. The van der Waals surface area contributed by atoms with Crippen molar-refractivity contribution in [2.75, 3.05) is 5.32 Å². The molecular formula is C22H16Cl2FN3O3. The molecule has 0 radical (unpaired) electrons. The first kappa shape index (κ1) is 21.0. The summed E-state index contributed by atoms with van der Waals surface area (Å²) in [6.45, 7) is 0.488. The minimum absolute atomic E-state index is 0.126. The molecule has 0 spiro atoms. The molecule has 1 amide bonds. The van der Waals surface area contributed by atoms with Crippen molar-refractivity contribution < 1.29 is 18.3 Å². The number of hydrogen-bond acceptors (Lipinski definition) is 4. The van der Waals surface area contributed by atoms with Crippen LogP contribution >= 0.6 is 23.2 Å². The Labute approximate surface area is 187 Å². The van der Waals surface area contributed by atoms with Crippen molar-refractivity contribution in [3.05, 3.63) is 99.8 Å². The molecule has 0 saturated heterocycles. The first-order chi connectivity index (χ1) is 15.0. The molecule has 0 aliphatic heterocycles. The summed E-state index contributed by atoms with van der Waals surface area (Å²) in [6.07, 6.45) is 1.68. The van der Waals surface area contributed by atoms with Crippen LogP contribution < -0.4 is 10.1 Å². The van der Waals surface area contributed by atoms with Gasteiger partial charge in [0.2, 0.25) is 0 Å². The van der Waals surface area contributed by atoms with Crippen molar-refractivity contribution in [1.82, 2.24) is 9.78 Å². The van der Waals surface area contributed by atoms with Crippen molar-refractivity contribution in [3.8, 4) is 5.75 Å². The number of rotatable bonds is 7. The molecule has 4 aromatic rings. The van der Waals surface area contributed by atoms with E-state index in [0.29, 0.717) is 39.5 Å². The number of hydrogen-bond donors (Lipinski definition) is 1. The fraction of sp³-hybridized carbons (Fsp3) is 0.0909. The predicted octanol–water partition coefficient (Wildman–Crippen LogP) is 5.80. The van der Waals surface area contributed by atoms with Crippen LogP contribution in [0.2, 0.25) is 10.0 Å². The van der Waals surface area contributed by atoms with E-state index in [1.807, 2.05) is 0 Å². The maximum Gasteiger partial charge on any atom is 0.292 e. The van der Waals surface area contributed by atoms with Gasteiger partial charge in [-0.05, 0) is 48.0 Å². The number of halogens is 3. The van der Waals surface area contributed by atoms with E-state index in [1.54, 1.807) is 59.4 Å². The van der Waals surface area contributed by atoms with Crippen LogP contribution in [-0.2, 0) is 13.2 Å². The Kier molecular flexibility index (Phi) is 6.25. The Hall–Kier alpha value is -3.29. The molecule has 0 aliphatic rings. The van der Waals surface area contributed by atoms with E-state index in [0.717, 1.165) is 0 Å². The highest BCUT2D eigenvalue weighted by molar-refractivity contribution is 6.31. The molecule has 0 atom stereocenters. The minimum Gasteiger partial charge on any atom is -0.486 e. The largest absolute Gasteiger partial charge is 0.486 e. The Bertz CT molecular complexity index is 1220. The van der Waals surface area contributed by atoms with Gasteiger partial charge in [-0.25, -0.2) is 4.39 Å². The van der Waals surface area contributed by atoms with Gasteiger partial charge < -0.3 is 14.5 Å². The van der Waals surface area contributed by atoms with Crippen LogP contribution in [0.4, 0.5) is 10.2 Å². The number of nitrogens with one attached hydrogen (secondary N) is 1. The summed E-state index contributed by atoms with van der Waals surface area (Å²) in [5, 5.41) is 7.82. The zero-order valence-electron chi connectivity index (χ0n) is 16.0. The summed E-state index contributed by atoms with van der Waals surface area (Å²) in [4.78, 5) is 12.4. The van der Waals surface area contributed by atoms with E-state index in [2.05, 4.69) is 10.4 Å². The third-order valence-electron chi connectivity index (χ3n) is 4.29. The van der Waals surface area contributed by atoms with Crippen LogP contribution in [0.3, 0.4) is 0 Å². The molecule has 0 fully saturated rings. The van der Waals surface area contributed by atoms with E-state index in [-0.39, 0.29) is 12.4 Å². The van der Waals surface area contributed by atoms with Crippen LogP contribution in [0.15, 0.2) is 71.3 Å². The number of nitrogens with zero attached hydrogens (tertiary/aromatic N) is 2. The first-order valence-electron chi connectivity index (χ1n) is 9.22. The number of aromatic nitrogens is 2. The van der Waals surface area contributed by atoms with E-state index in [9.17, 15) is 9.18 Å². The van der Waals surface area contributed by atoms with Gasteiger partial charge >= 0.3 is 0 Å².